The Balaban J connectivity index is 1.91. The third-order valence-corrected chi connectivity index (χ3v) is 3.65. The van der Waals surface area contributed by atoms with Crippen molar-refractivity contribution in [2.45, 2.75) is 12.8 Å². The lowest BCUT2D eigenvalue weighted by atomic mass is 10.1. The molecule has 114 valence electrons. The number of nitrogens with zero attached hydrogens (tertiary/aromatic N) is 1. The molecule has 0 spiro atoms. The molecule has 21 heavy (non-hydrogen) atoms. The number of aromatic carboxylic acids is 1. The number of para-hydroxylation sites is 1. The molecule has 2 N–H and O–H groups in total. The summed E-state index contributed by atoms with van der Waals surface area (Å²) in [5.41, 5.74) is 0.492. The van der Waals surface area contributed by atoms with Gasteiger partial charge in [-0.15, -0.1) is 0 Å². The van der Waals surface area contributed by atoms with Crippen molar-refractivity contribution in [3.8, 4) is 0 Å². The van der Waals surface area contributed by atoms with Crippen LogP contribution in [-0.2, 0) is 4.74 Å². The van der Waals surface area contributed by atoms with Crippen molar-refractivity contribution in [2.75, 3.05) is 31.7 Å². The highest BCUT2D eigenvalue weighted by Crippen LogP contribution is 2.19. The van der Waals surface area contributed by atoms with Crippen molar-refractivity contribution in [3.05, 3.63) is 29.8 Å². The monoisotopic (exact) mass is 292 g/mol. The molecule has 1 unspecified atom stereocenters. The molecule has 1 aliphatic heterocycles. The molecule has 1 fully saturated rings. The van der Waals surface area contributed by atoms with Crippen molar-refractivity contribution in [3.63, 3.8) is 0 Å². The maximum atomic E-state index is 12.1. The summed E-state index contributed by atoms with van der Waals surface area (Å²) in [6.07, 6.45) is 1.91. The molecular weight excluding hydrogens is 272 g/mol. The zero-order chi connectivity index (χ0) is 15.2. The average Bonchev–Trinajstić information content (AvgIpc) is 2.99. The Bertz CT molecular complexity index is 512. The second kappa shape index (κ2) is 7.08. The molecule has 0 aromatic heterocycles. The number of hydrogen-bond acceptors (Lipinski definition) is 3. The molecule has 1 saturated heterocycles. The summed E-state index contributed by atoms with van der Waals surface area (Å²) in [6, 6.07) is 6.15. The second-order valence-corrected chi connectivity index (χ2v) is 5.13. The summed E-state index contributed by atoms with van der Waals surface area (Å²) in [5, 5.41) is 12.0. The van der Waals surface area contributed by atoms with Crippen molar-refractivity contribution in [1.29, 1.82) is 0 Å². The molecule has 1 aliphatic rings. The minimum atomic E-state index is -1.05. The lowest BCUT2D eigenvalue weighted by Gasteiger charge is -2.20. The number of ether oxygens (including phenoxy) is 1. The lowest BCUT2D eigenvalue weighted by molar-refractivity contribution is 0.0697. The molecule has 0 aliphatic carbocycles. The molecule has 6 nitrogen and oxygen atoms in total. The standard InChI is InChI=1S/C15H20N2O4/c1-17(13-5-3-2-4-12(13)14(18)19)15(20)16-8-6-11-7-9-21-10-11/h2-5,11H,6-10H2,1H3,(H,16,20)(H,18,19). The number of hydrogen-bond donors (Lipinski definition) is 2. The largest absolute Gasteiger partial charge is 0.478 e. The van der Waals surface area contributed by atoms with Crippen molar-refractivity contribution in [2.24, 2.45) is 5.92 Å². The highest BCUT2D eigenvalue weighted by atomic mass is 16.5. The Hall–Kier alpha value is -2.08. The molecule has 1 atom stereocenters. The number of urea groups is 1. The van der Waals surface area contributed by atoms with Gasteiger partial charge in [-0.3, -0.25) is 4.90 Å². The number of carbonyl (C=O) groups excluding carboxylic acids is 1. The molecule has 2 rings (SSSR count). The van der Waals surface area contributed by atoms with Crippen LogP contribution >= 0.6 is 0 Å². The van der Waals surface area contributed by atoms with Gasteiger partial charge in [0.15, 0.2) is 0 Å². The third kappa shape index (κ3) is 3.95. The van der Waals surface area contributed by atoms with Gasteiger partial charge in [-0.25, -0.2) is 9.59 Å². The van der Waals surface area contributed by atoms with Gasteiger partial charge >= 0.3 is 12.0 Å². The van der Waals surface area contributed by atoms with Gasteiger partial charge in [-0.1, -0.05) is 12.1 Å². The van der Waals surface area contributed by atoms with Crippen LogP contribution in [0.3, 0.4) is 0 Å². The van der Waals surface area contributed by atoms with Crippen LogP contribution in [0.25, 0.3) is 0 Å². The average molecular weight is 292 g/mol. The van der Waals surface area contributed by atoms with Crippen LogP contribution in [0.15, 0.2) is 24.3 Å². The quantitative estimate of drug-likeness (QED) is 0.869. The summed E-state index contributed by atoms with van der Waals surface area (Å²) < 4.78 is 5.29. The molecule has 0 saturated carbocycles. The van der Waals surface area contributed by atoms with Crippen LogP contribution in [0.2, 0.25) is 0 Å². The summed E-state index contributed by atoms with van der Waals surface area (Å²) in [4.78, 5) is 24.6. The SMILES string of the molecule is CN(C(=O)NCCC1CCOC1)c1ccccc1C(=O)O. The summed E-state index contributed by atoms with van der Waals surface area (Å²) in [7, 11) is 1.57. The fourth-order valence-corrected chi connectivity index (χ4v) is 2.37. The van der Waals surface area contributed by atoms with E-state index < -0.39 is 5.97 Å². The number of amides is 2. The molecule has 2 amide bonds. The Morgan fingerprint density at radius 3 is 2.86 bits per heavy atom. The second-order valence-electron chi connectivity index (χ2n) is 5.13. The van der Waals surface area contributed by atoms with Gasteiger partial charge in [-0.2, -0.15) is 0 Å². The predicted octanol–water partition coefficient (Wildman–Crippen LogP) is 1.96. The van der Waals surface area contributed by atoms with Crippen LogP contribution in [0, 0.1) is 5.92 Å². The van der Waals surface area contributed by atoms with Gasteiger partial charge in [0.05, 0.1) is 11.3 Å². The number of rotatable bonds is 5. The van der Waals surface area contributed by atoms with E-state index in [0.717, 1.165) is 26.1 Å². The first kappa shape index (κ1) is 15.3. The fraction of sp³-hybridized carbons (Fsp3) is 0.467. The van der Waals surface area contributed by atoms with Gasteiger partial charge in [-0.05, 0) is 30.9 Å². The molecule has 1 heterocycles. The van der Waals surface area contributed by atoms with E-state index in [0.29, 0.717) is 18.2 Å². The number of carboxylic acid groups (broad SMARTS) is 1. The maximum absolute atomic E-state index is 12.1. The Labute approximate surface area is 123 Å². The fourth-order valence-electron chi connectivity index (χ4n) is 2.37. The van der Waals surface area contributed by atoms with Gasteiger partial charge in [0.1, 0.15) is 0 Å². The third-order valence-electron chi connectivity index (χ3n) is 3.65. The minimum absolute atomic E-state index is 0.111. The van der Waals surface area contributed by atoms with Gasteiger partial charge < -0.3 is 15.2 Å². The number of nitrogens with one attached hydrogen (secondary N) is 1. The van der Waals surface area contributed by atoms with Crippen molar-refractivity contribution >= 4 is 17.7 Å². The van der Waals surface area contributed by atoms with E-state index in [2.05, 4.69) is 5.32 Å². The van der Waals surface area contributed by atoms with Crippen LogP contribution < -0.4 is 10.2 Å². The zero-order valence-electron chi connectivity index (χ0n) is 12.0. The smallest absolute Gasteiger partial charge is 0.337 e. The Morgan fingerprint density at radius 2 is 2.19 bits per heavy atom. The highest BCUT2D eigenvalue weighted by Gasteiger charge is 2.19. The van der Waals surface area contributed by atoms with Crippen molar-refractivity contribution in [1.82, 2.24) is 5.32 Å². The van der Waals surface area contributed by atoms with Gasteiger partial charge in [0, 0.05) is 26.8 Å². The van der Waals surface area contributed by atoms with E-state index in [9.17, 15) is 9.59 Å². The summed E-state index contributed by atoms with van der Waals surface area (Å²) >= 11 is 0. The first-order valence-electron chi connectivity index (χ1n) is 7.01. The van der Waals surface area contributed by atoms with Crippen LogP contribution in [0.4, 0.5) is 10.5 Å². The first-order valence-corrected chi connectivity index (χ1v) is 7.01. The van der Waals surface area contributed by atoms with E-state index in [1.807, 2.05) is 0 Å². The molecule has 0 bridgehead atoms. The van der Waals surface area contributed by atoms with Crippen LogP contribution in [0.5, 0.6) is 0 Å². The normalized spacial score (nSPS) is 17.5. The van der Waals surface area contributed by atoms with E-state index in [1.165, 1.54) is 11.0 Å². The topological polar surface area (TPSA) is 78.9 Å². The molecule has 1 aromatic carbocycles. The van der Waals surface area contributed by atoms with E-state index in [-0.39, 0.29) is 11.6 Å². The van der Waals surface area contributed by atoms with E-state index >= 15 is 0 Å². The summed E-state index contributed by atoms with van der Waals surface area (Å²) in [5.74, 6) is -0.546. The lowest BCUT2D eigenvalue weighted by Crippen LogP contribution is -2.39. The number of carbonyl (C=O) groups is 2. The molecule has 0 radical (unpaired) electrons. The van der Waals surface area contributed by atoms with E-state index in [4.69, 9.17) is 9.84 Å². The predicted molar refractivity (Wildman–Crippen MR) is 78.7 cm³/mol. The summed E-state index contributed by atoms with van der Waals surface area (Å²) in [6.45, 7) is 2.12. The van der Waals surface area contributed by atoms with Gasteiger partial charge in [0.25, 0.3) is 0 Å². The molecule has 6 heteroatoms. The van der Waals surface area contributed by atoms with E-state index in [1.54, 1.807) is 25.2 Å². The van der Waals surface area contributed by atoms with Crippen LogP contribution in [-0.4, -0.2) is 43.9 Å². The Kier molecular flexibility index (Phi) is 5.16. The number of carboxylic acids is 1. The Morgan fingerprint density at radius 1 is 1.43 bits per heavy atom. The zero-order valence-corrected chi connectivity index (χ0v) is 12.0. The highest BCUT2D eigenvalue weighted by molar-refractivity contribution is 6.01. The number of anilines is 1. The molecule has 1 aromatic rings. The molecular formula is C15H20N2O4. The number of benzene rings is 1. The van der Waals surface area contributed by atoms with Crippen LogP contribution in [0.1, 0.15) is 23.2 Å². The minimum Gasteiger partial charge on any atom is -0.478 e. The van der Waals surface area contributed by atoms with Gasteiger partial charge in [0.2, 0.25) is 0 Å². The van der Waals surface area contributed by atoms with Crippen molar-refractivity contribution < 1.29 is 19.4 Å². The first-order chi connectivity index (χ1) is 10.1. The maximum Gasteiger partial charge on any atom is 0.337 e.